The molecule has 1 atom stereocenters. The number of likely N-dealkylation sites (tertiary alicyclic amines) is 1. The Morgan fingerprint density at radius 1 is 1.20 bits per heavy atom. The number of rotatable bonds is 4. The third kappa shape index (κ3) is 2.99. The summed E-state index contributed by atoms with van der Waals surface area (Å²) in [5.41, 5.74) is 1.39. The molecular formula is C17H26N2O. The number of piperidine rings is 1. The topological polar surface area (TPSA) is 24.5 Å². The van der Waals surface area contributed by atoms with Gasteiger partial charge in [0.1, 0.15) is 5.75 Å². The molecule has 0 spiro atoms. The van der Waals surface area contributed by atoms with Gasteiger partial charge in [-0.1, -0.05) is 25.1 Å². The lowest BCUT2D eigenvalue weighted by Crippen LogP contribution is -2.40. The van der Waals surface area contributed by atoms with E-state index in [4.69, 9.17) is 4.74 Å². The molecule has 1 aromatic rings. The van der Waals surface area contributed by atoms with Crippen molar-refractivity contribution in [3.8, 4) is 5.75 Å². The Morgan fingerprint density at radius 3 is 2.80 bits per heavy atom. The molecule has 2 aliphatic rings. The van der Waals surface area contributed by atoms with Crippen molar-refractivity contribution in [3.05, 3.63) is 29.8 Å². The molecule has 0 radical (unpaired) electrons. The highest BCUT2D eigenvalue weighted by Gasteiger charge is 2.29. The molecule has 1 saturated heterocycles. The third-order valence-corrected chi connectivity index (χ3v) is 4.70. The molecule has 0 saturated carbocycles. The van der Waals surface area contributed by atoms with E-state index in [0.717, 1.165) is 31.2 Å². The smallest absolute Gasteiger partial charge is 0.124 e. The lowest BCUT2D eigenvalue weighted by molar-refractivity contribution is 0.0988. The van der Waals surface area contributed by atoms with Crippen LogP contribution in [0.4, 0.5) is 0 Å². The van der Waals surface area contributed by atoms with Gasteiger partial charge >= 0.3 is 0 Å². The number of hydrogen-bond acceptors (Lipinski definition) is 3. The molecule has 0 aliphatic carbocycles. The summed E-state index contributed by atoms with van der Waals surface area (Å²) in [4.78, 5) is 2.67. The highest BCUT2D eigenvalue weighted by atomic mass is 16.5. The summed E-state index contributed by atoms with van der Waals surface area (Å²) in [7, 11) is 0. The summed E-state index contributed by atoms with van der Waals surface area (Å²) in [5.74, 6) is 1.96. The average molecular weight is 274 g/mol. The molecule has 110 valence electrons. The Morgan fingerprint density at radius 2 is 2.00 bits per heavy atom. The number of fused-ring (bicyclic) bond motifs is 1. The zero-order chi connectivity index (χ0) is 13.8. The van der Waals surface area contributed by atoms with Gasteiger partial charge < -0.3 is 10.1 Å². The monoisotopic (exact) mass is 274 g/mol. The maximum atomic E-state index is 5.78. The molecule has 20 heavy (non-hydrogen) atoms. The zero-order valence-corrected chi connectivity index (χ0v) is 12.5. The molecule has 1 unspecified atom stereocenters. The molecule has 0 bridgehead atoms. The van der Waals surface area contributed by atoms with Crippen LogP contribution in [0.2, 0.25) is 0 Å². The van der Waals surface area contributed by atoms with Gasteiger partial charge in [-0.3, -0.25) is 4.90 Å². The van der Waals surface area contributed by atoms with Crippen molar-refractivity contribution >= 4 is 0 Å². The predicted molar refractivity (Wildman–Crippen MR) is 82.1 cm³/mol. The van der Waals surface area contributed by atoms with Gasteiger partial charge in [-0.05, 0) is 51.0 Å². The highest BCUT2D eigenvalue weighted by Crippen LogP contribution is 2.37. The van der Waals surface area contributed by atoms with Crippen LogP contribution >= 0.6 is 0 Å². The fraction of sp³-hybridized carbons (Fsp3) is 0.647. The van der Waals surface area contributed by atoms with E-state index in [1.165, 1.54) is 38.0 Å². The van der Waals surface area contributed by atoms with Crippen LogP contribution in [-0.2, 0) is 0 Å². The fourth-order valence-corrected chi connectivity index (χ4v) is 3.52. The minimum Gasteiger partial charge on any atom is -0.493 e. The van der Waals surface area contributed by atoms with E-state index >= 15 is 0 Å². The van der Waals surface area contributed by atoms with Crippen molar-refractivity contribution in [1.82, 2.24) is 10.2 Å². The minimum absolute atomic E-state index is 0.569. The summed E-state index contributed by atoms with van der Waals surface area (Å²) < 4.78 is 5.78. The van der Waals surface area contributed by atoms with E-state index in [1.54, 1.807) is 0 Å². The van der Waals surface area contributed by atoms with Gasteiger partial charge in [-0.15, -0.1) is 0 Å². The van der Waals surface area contributed by atoms with E-state index < -0.39 is 0 Å². The van der Waals surface area contributed by atoms with Gasteiger partial charge in [0.25, 0.3) is 0 Å². The van der Waals surface area contributed by atoms with Crippen LogP contribution in [0.5, 0.6) is 5.75 Å². The lowest BCUT2D eigenvalue weighted by Gasteiger charge is -2.40. The molecule has 1 N–H and O–H groups in total. The first-order valence-corrected chi connectivity index (χ1v) is 8.05. The highest BCUT2D eigenvalue weighted by molar-refractivity contribution is 5.37. The number of nitrogens with one attached hydrogen (secondary N) is 1. The van der Waals surface area contributed by atoms with Gasteiger partial charge in [-0.25, -0.2) is 0 Å². The molecule has 3 heteroatoms. The first kappa shape index (κ1) is 13.9. The molecule has 3 nitrogen and oxygen atoms in total. The summed E-state index contributed by atoms with van der Waals surface area (Å²) in [5, 5.41) is 3.49. The summed E-state index contributed by atoms with van der Waals surface area (Å²) in [6.45, 7) is 7.79. The summed E-state index contributed by atoms with van der Waals surface area (Å²) in [6, 6.07) is 9.13. The normalized spacial score (nSPS) is 24.1. The van der Waals surface area contributed by atoms with Crippen LogP contribution in [0.15, 0.2) is 24.3 Å². The Balaban J connectivity index is 1.62. The SMILES string of the molecule is CCNCC1CCN(C2CCOc3ccccc32)CC1. The second-order valence-corrected chi connectivity index (χ2v) is 5.98. The van der Waals surface area contributed by atoms with Crippen molar-refractivity contribution in [1.29, 1.82) is 0 Å². The Labute approximate surface area is 122 Å². The number of nitrogens with zero attached hydrogens (tertiary/aromatic N) is 1. The van der Waals surface area contributed by atoms with Gasteiger partial charge in [-0.2, -0.15) is 0 Å². The number of hydrogen-bond donors (Lipinski definition) is 1. The average Bonchev–Trinajstić information content (AvgIpc) is 2.53. The van der Waals surface area contributed by atoms with Gasteiger partial charge in [0.2, 0.25) is 0 Å². The fourth-order valence-electron chi connectivity index (χ4n) is 3.52. The third-order valence-electron chi connectivity index (χ3n) is 4.70. The van der Waals surface area contributed by atoms with E-state index in [1.807, 2.05) is 0 Å². The van der Waals surface area contributed by atoms with Crippen LogP contribution in [-0.4, -0.2) is 37.7 Å². The molecule has 1 aromatic carbocycles. The largest absolute Gasteiger partial charge is 0.493 e. The molecule has 2 heterocycles. The van der Waals surface area contributed by atoms with Crippen LogP contribution in [0.1, 0.15) is 37.8 Å². The van der Waals surface area contributed by atoms with E-state index in [9.17, 15) is 0 Å². The molecule has 0 amide bonds. The zero-order valence-electron chi connectivity index (χ0n) is 12.5. The van der Waals surface area contributed by atoms with Crippen LogP contribution in [0.25, 0.3) is 0 Å². The van der Waals surface area contributed by atoms with Crippen molar-refractivity contribution in [2.75, 3.05) is 32.8 Å². The van der Waals surface area contributed by atoms with Crippen LogP contribution in [0, 0.1) is 5.92 Å². The van der Waals surface area contributed by atoms with Gasteiger partial charge in [0.15, 0.2) is 0 Å². The number of para-hydroxylation sites is 1. The van der Waals surface area contributed by atoms with Crippen molar-refractivity contribution in [2.24, 2.45) is 5.92 Å². The molecular weight excluding hydrogens is 248 g/mol. The van der Waals surface area contributed by atoms with Crippen molar-refractivity contribution in [3.63, 3.8) is 0 Å². The molecule has 1 fully saturated rings. The lowest BCUT2D eigenvalue weighted by atomic mass is 9.92. The maximum absolute atomic E-state index is 5.78. The number of ether oxygens (including phenoxy) is 1. The predicted octanol–water partition coefficient (Wildman–Crippen LogP) is 2.83. The molecule has 3 rings (SSSR count). The second kappa shape index (κ2) is 6.59. The minimum atomic E-state index is 0.569. The first-order valence-electron chi connectivity index (χ1n) is 8.05. The van der Waals surface area contributed by atoms with Crippen LogP contribution < -0.4 is 10.1 Å². The standard InChI is InChI=1S/C17H26N2O/c1-2-18-13-14-7-10-19(11-8-14)16-9-12-20-17-6-4-3-5-15(16)17/h3-6,14,16,18H,2,7-13H2,1H3. The quantitative estimate of drug-likeness (QED) is 0.913. The van der Waals surface area contributed by atoms with Gasteiger partial charge in [0, 0.05) is 18.0 Å². The van der Waals surface area contributed by atoms with E-state index in [-0.39, 0.29) is 0 Å². The summed E-state index contributed by atoms with van der Waals surface area (Å²) >= 11 is 0. The Kier molecular flexibility index (Phi) is 4.58. The molecule has 2 aliphatic heterocycles. The van der Waals surface area contributed by atoms with Crippen LogP contribution in [0.3, 0.4) is 0 Å². The van der Waals surface area contributed by atoms with Crippen molar-refractivity contribution < 1.29 is 4.74 Å². The van der Waals surface area contributed by atoms with Crippen molar-refractivity contribution in [2.45, 2.75) is 32.2 Å². The maximum Gasteiger partial charge on any atom is 0.124 e. The Bertz CT molecular complexity index is 427. The number of benzene rings is 1. The summed E-state index contributed by atoms with van der Waals surface area (Å²) in [6.07, 6.45) is 3.79. The first-order chi connectivity index (χ1) is 9.88. The van der Waals surface area contributed by atoms with E-state index in [2.05, 4.69) is 41.4 Å². The Hall–Kier alpha value is -1.06. The van der Waals surface area contributed by atoms with E-state index in [0.29, 0.717) is 6.04 Å². The molecule has 0 aromatic heterocycles. The second-order valence-electron chi connectivity index (χ2n) is 5.98. The van der Waals surface area contributed by atoms with Gasteiger partial charge in [0.05, 0.1) is 6.61 Å².